The molecule has 4 heteroatoms. The van der Waals surface area contributed by atoms with Crippen molar-refractivity contribution in [3.05, 3.63) is 34.8 Å². The highest BCUT2D eigenvalue weighted by Gasteiger charge is 2.13. The van der Waals surface area contributed by atoms with E-state index in [0.29, 0.717) is 0 Å². The fraction of sp³-hybridized carbons (Fsp3) is 0.400. The summed E-state index contributed by atoms with van der Waals surface area (Å²) in [7, 11) is 4.19. The summed E-state index contributed by atoms with van der Waals surface area (Å²) in [6.07, 6.45) is 4.09. The number of ether oxygens (including phenoxy) is 1. The summed E-state index contributed by atoms with van der Waals surface area (Å²) in [6.45, 7) is 1.79. The van der Waals surface area contributed by atoms with Gasteiger partial charge in [0.15, 0.2) is 0 Å². The van der Waals surface area contributed by atoms with Gasteiger partial charge in [-0.3, -0.25) is 0 Å². The van der Waals surface area contributed by atoms with E-state index in [1.165, 1.54) is 20.9 Å². The van der Waals surface area contributed by atoms with Crippen LogP contribution in [0.4, 0.5) is 0 Å². The first kappa shape index (κ1) is 12.6. The summed E-state index contributed by atoms with van der Waals surface area (Å²) in [5, 5.41) is 0. The lowest BCUT2D eigenvalue weighted by atomic mass is 10.1. The molecule has 0 aliphatic carbocycles. The van der Waals surface area contributed by atoms with Gasteiger partial charge in [-0.2, -0.15) is 0 Å². The van der Waals surface area contributed by atoms with Gasteiger partial charge in [-0.05, 0) is 45.1 Å². The van der Waals surface area contributed by atoms with Crippen molar-refractivity contribution in [2.75, 3.05) is 20.7 Å². The van der Waals surface area contributed by atoms with Crippen molar-refractivity contribution >= 4 is 11.3 Å². The smallest absolute Gasteiger partial charge is 0.216 e. The highest BCUT2D eigenvalue weighted by molar-refractivity contribution is 7.15. The lowest BCUT2D eigenvalue weighted by molar-refractivity contribution is 0.276. The Morgan fingerprint density at radius 1 is 1.37 bits per heavy atom. The van der Waals surface area contributed by atoms with Crippen molar-refractivity contribution < 1.29 is 4.74 Å². The van der Waals surface area contributed by atoms with Gasteiger partial charge in [-0.25, -0.2) is 4.98 Å². The number of hydrogen-bond donors (Lipinski definition) is 0. The summed E-state index contributed by atoms with van der Waals surface area (Å²) in [5.41, 5.74) is 2.45. The molecule has 0 radical (unpaired) electrons. The average molecular weight is 274 g/mol. The van der Waals surface area contributed by atoms with E-state index in [0.717, 1.165) is 31.9 Å². The predicted octanol–water partition coefficient (Wildman–Crippen LogP) is 3.20. The van der Waals surface area contributed by atoms with Crippen LogP contribution in [0.5, 0.6) is 5.88 Å². The van der Waals surface area contributed by atoms with Gasteiger partial charge in [0.2, 0.25) is 5.88 Å². The molecule has 2 aromatic rings. The van der Waals surface area contributed by atoms with Crippen molar-refractivity contribution in [1.82, 2.24) is 9.88 Å². The molecular formula is C15H18N2OS. The van der Waals surface area contributed by atoms with Crippen molar-refractivity contribution in [3.63, 3.8) is 0 Å². The fourth-order valence-electron chi connectivity index (χ4n) is 2.30. The van der Waals surface area contributed by atoms with Crippen molar-refractivity contribution in [3.8, 4) is 16.3 Å². The highest BCUT2D eigenvalue weighted by Crippen LogP contribution is 2.32. The maximum Gasteiger partial charge on any atom is 0.216 e. The van der Waals surface area contributed by atoms with Gasteiger partial charge in [0.05, 0.1) is 6.61 Å². The van der Waals surface area contributed by atoms with Crippen LogP contribution in [0.2, 0.25) is 0 Å². The number of thiophene rings is 1. The molecule has 3 heterocycles. The molecule has 0 unspecified atom stereocenters. The van der Waals surface area contributed by atoms with Crippen LogP contribution < -0.4 is 4.74 Å². The minimum Gasteiger partial charge on any atom is -0.477 e. The van der Waals surface area contributed by atoms with E-state index in [2.05, 4.69) is 42.2 Å². The molecule has 1 aliphatic rings. The molecular weight excluding hydrogens is 256 g/mol. The van der Waals surface area contributed by atoms with Crippen LogP contribution in [0.3, 0.4) is 0 Å². The van der Waals surface area contributed by atoms with E-state index in [1.807, 2.05) is 17.5 Å². The summed E-state index contributed by atoms with van der Waals surface area (Å²) in [6, 6.07) is 6.62. The van der Waals surface area contributed by atoms with Gasteiger partial charge in [0.25, 0.3) is 0 Å². The van der Waals surface area contributed by atoms with Crippen LogP contribution in [0.15, 0.2) is 24.4 Å². The molecule has 3 rings (SSSR count). The lowest BCUT2D eigenvalue weighted by Gasteiger charge is -2.16. The Kier molecular flexibility index (Phi) is 3.53. The van der Waals surface area contributed by atoms with Gasteiger partial charge >= 0.3 is 0 Å². The minimum atomic E-state index is 0.797. The first-order valence-electron chi connectivity index (χ1n) is 6.58. The lowest BCUT2D eigenvalue weighted by Crippen LogP contribution is -2.09. The molecule has 3 nitrogen and oxygen atoms in total. The third kappa shape index (κ3) is 2.80. The maximum absolute atomic E-state index is 5.56. The van der Waals surface area contributed by atoms with Crippen molar-refractivity contribution in [2.24, 2.45) is 0 Å². The topological polar surface area (TPSA) is 25.4 Å². The standard InChI is InChI=1S/C15H18N2OS/c1-17(2)10-13-5-6-14(19-13)12-8-11-4-3-7-18-15(11)16-9-12/h5-6,8-9H,3-4,7,10H2,1-2H3. The van der Waals surface area contributed by atoms with Crippen LogP contribution in [-0.4, -0.2) is 30.6 Å². The third-order valence-corrected chi connectivity index (χ3v) is 4.29. The summed E-state index contributed by atoms with van der Waals surface area (Å²) in [5.74, 6) is 0.820. The minimum absolute atomic E-state index is 0.797. The van der Waals surface area contributed by atoms with Crippen molar-refractivity contribution in [1.29, 1.82) is 0 Å². The molecule has 1 aliphatic heterocycles. The Labute approximate surface area is 117 Å². The molecule has 0 fully saturated rings. The summed E-state index contributed by atoms with van der Waals surface area (Å²) >= 11 is 1.84. The largest absolute Gasteiger partial charge is 0.477 e. The predicted molar refractivity (Wildman–Crippen MR) is 78.8 cm³/mol. The van der Waals surface area contributed by atoms with Crippen LogP contribution in [0, 0.1) is 0 Å². The molecule has 100 valence electrons. The van der Waals surface area contributed by atoms with Crippen LogP contribution in [-0.2, 0) is 13.0 Å². The maximum atomic E-state index is 5.56. The van der Waals surface area contributed by atoms with E-state index in [9.17, 15) is 0 Å². The Balaban J connectivity index is 1.87. The van der Waals surface area contributed by atoms with Gasteiger partial charge in [0, 0.05) is 33.6 Å². The van der Waals surface area contributed by atoms with Crippen LogP contribution >= 0.6 is 11.3 Å². The number of aromatic nitrogens is 1. The number of aryl methyl sites for hydroxylation is 1. The second kappa shape index (κ2) is 5.31. The quantitative estimate of drug-likeness (QED) is 0.859. The molecule has 19 heavy (non-hydrogen) atoms. The normalized spacial score (nSPS) is 14.3. The van der Waals surface area contributed by atoms with Crippen molar-refractivity contribution in [2.45, 2.75) is 19.4 Å². The Hall–Kier alpha value is -1.39. The monoisotopic (exact) mass is 274 g/mol. The molecule has 0 aromatic carbocycles. The highest BCUT2D eigenvalue weighted by atomic mass is 32.1. The molecule has 0 saturated carbocycles. The summed E-state index contributed by atoms with van der Waals surface area (Å²) in [4.78, 5) is 9.30. The van der Waals surface area contributed by atoms with Gasteiger partial charge in [-0.15, -0.1) is 11.3 Å². The number of nitrogens with zero attached hydrogens (tertiary/aromatic N) is 2. The first-order chi connectivity index (χ1) is 9.22. The first-order valence-corrected chi connectivity index (χ1v) is 7.39. The summed E-state index contributed by atoms with van der Waals surface area (Å²) < 4.78 is 5.56. The number of pyridine rings is 1. The SMILES string of the molecule is CN(C)Cc1ccc(-c2cnc3c(c2)CCCO3)s1. The van der Waals surface area contributed by atoms with Gasteiger partial charge < -0.3 is 9.64 Å². The third-order valence-electron chi connectivity index (χ3n) is 3.17. The van der Waals surface area contributed by atoms with E-state index in [-0.39, 0.29) is 0 Å². The Morgan fingerprint density at radius 2 is 2.26 bits per heavy atom. The van der Waals surface area contributed by atoms with E-state index in [1.54, 1.807) is 0 Å². The number of rotatable bonds is 3. The number of fused-ring (bicyclic) bond motifs is 1. The molecule has 0 bridgehead atoms. The molecule has 2 aromatic heterocycles. The molecule has 0 saturated heterocycles. The zero-order chi connectivity index (χ0) is 13.2. The van der Waals surface area contributed by atoms with Gasteiger partial charge in [-0.1, -0.05) is 0 Å². The Morgan fingerprint density at radius 3 is 3.11 bits per heavy atom. The Bertz CT molecular complexity index is 577. The van der Waals surface area contributed by atoms with E-state index < -0.39 is 0 Å². The molecule has 0 amide bonds. The molecule has 0 N–H and O–H groups in total. The molecule has 0 spiro atoms. The van der Waals surface area contributed by atoms with Crippen LogP contribution in [0.1, 0.15) is 16.9 Å². The van der Waals surface area contributed by atoms with E-state index >= 15 is 0 Å². The zero-order valence-electron chi connectivity index (χ0n) is 11.3. The zero-order valence-corrected chi connectivity index (χ0v) is 12.2. The second-order valence-corrected chi connectivity index (χ2v) is 6.31. The van der Waals surface area contributed by atoms with Gasteiger partial charge in [0.1, 0.15) is 0 Å². The van der Waals surface area contributed by atoms with E-state index in [4.69, 9.17) is 4.74 Å². The second-order valence-electron chi connectivity index (χ2n) is 5.14. The fourth-order valence-corrected chi connectivity index (χ4v) is 3.41. The van der Waals surface area contributed by atoms with Crippen LogP contribution in [0.25, 0.3) is 10.4 Å². The average Bonchev–Trinajstić information content (AvgIpc) is 2.86. The molecule has 0 atom stereocenters. The number of hydrogen-bond acceptors (Lipinski definition) is 4.